The Kier molecular flexibility index (Phi) is 96.2. The molecule has 0 aliphatic rings. The average Bonchev–Trinajstić information content (AvgIpc) is 0.918. The fourth-order valence-electron chi connectivity index (χ4n) is 0. The van der Waals surface area contributed by atoms with E-state index in [1.54, 1.807) is 8.05 Å². The van der Waals surface area contributed by atoms with Crippen LogP contribution in [0.4, 0.5) is 0 Å². The van der Waals surface area contributed by atoms with Gasteiger partial charge in [-0.2, -0.15) is 0 Å². The molecule has 0 spiro atoms. The van der Waals surface area contributed by atoms with Crippen molar-refractivity contribution >= 4 is 17.5 Å². The van der Waals surface area contributed by atoms with Crippen molar-refractivity contribution < 1.29 is 9.92 Å². The number of hydrogen-bond donors (Lipinski definition) is 1. The molecule has 0 aromatic carbocycles. The second-order valence-electron chi connectivity index (χ2n) is 0.236. The van der Waals surface area contributed by atoms with E-state index in [1.165, 1.54) is 0 Å². The second-order valence-corrected chi connectivity index (χ2v) is 0.707. The minimum atomic E-state index is 0. The molecule has 0 saturated heterocycles. The summed E-state index contributed by atoms with van der Waals surface area (Å²) in [4.78, 5) is 0. The van der Waals surface area contributed by atoms with Crippen LogP contribution in [0, 0.1) is 0 Å². The fraction of sp³-hybridized carbons (Fsp3) is 0. The second kappa shape index (κ2) is 26.4. The first kappa shape index (κ1) is 18.2. The lowest BCUT2D eigenvalue weighted by atomic mass is 10.6. The minimum absolute atomic E-state index is 0. The zero-order valence-electron chi connectivity index (χ0n) is 3.19. The third-order valence-corrected chi connectivity index (χ3v) is 0. The predicted octanol–water partition coefficient (Wildman–Crippen LogP) is -1.32. The maximum atomic E-state index is 4.17. The Morgan fingerprint density at radius 3 is 1.60 bits per heavy atom. The van der Waals surface area contributed by atoms with Gasteiger partial charge in [-0.25, -0.2) is 0 Å². The van der Waals surface area contributed by atoms with Crippen LogP contribution in [0.3, 0.4) is 0 Å². The molecule has 1 atom stereocenters. The Labute approximate surface area is 34.7 Å². The lowest BCUT2D eigenvalue weighted by Gasteiger charge is -1.60. The molecule has 3 nitrogen and oxygen atoms in total. The molecular weight excluding hydrogens is 87.8 g/mol. The van der Waals surface area contributed by atoms with Gasteiger partial charge in [0.2, 0.25) is 0 Å². The Morgan fingerprint density at radius 2 is 1.60 bits per heavy atom. The summed E-state index contributed by atoms with van der Waals surface area (Å²) in [6.07, 6.45) is 0. The molecule has 0 aromatic heterocycles. The zero-order chi connectivity index (χ0) is 2.71. The van der Waals surface area contributed by atoms with Crippen LogP contribution < -0.4 is 6.15 Å². The smallest absolute Gasteiger partial charge is 0.262 e. The van der Waals surface area contributed by atoms with E-state index in [0.717, 1.165) is 0 Å². The quantitative estimate of drug-likeness (QED) is 0.300. The van der Waals surface area contributed by atoms with Gasteiger partial charge in [0.15, 0.2) is 0 Å². The van der Waals surface area contributed by atoms with E-state index < -0.39 is 0 Å². The molecule has 0 aromatic rings. The van der Waals surface area contributed by atoms with Crippen LogP contribution >= 0.6 is 9.47 Å². The monoisotopic (exact) mass is 97.0 g/mol. The standard InChI is InChI=1S/BH4OP.H3N.H2O/c1-2-3;;/h1,3H2;1H3;1H2. The van der Waals surface area contributed by atoms with E-state index >= 15 is 0 Å². The first-order chi connectivity index (χ1) is 1.41. The fourth-order valence-corrected chi connectivity index (χ4v) is 0. The van der Waals surface area contributed by atoms with Crippen molar-refractivity contribution in [3.05, 3.63) is 0 Å². The van der Waals surface area contributed by atoms with E-state index in [9.17, 15) is 0 Å². The highest BCUT2D eigenvalue weighted by Gasteiger charge is 1.30. The first-order valence-corrected chi connectivity index (χ1v) is 1.12. The van der Waals surface area contributed by atoms with Gasteiger partial charge in [-0.05, 0) is 9.47 Å². The molecule has 0 bridgehead atoms. The lowest BCUT2D eigenvalue weighted by Crippen LogP contribution is -1.44. The maximum absolute atomic E-state index is 4.17. The van der Waals surface area contributed by atoms with E-state index in [1.807, 2.05) is 0 Å². The number of hydrogen-bond acceptors (Lipinski definition) is 2. The summed E-state index contributed by atoms with van der Waals surface area (Å²) in [5.41, 5.74) is 0. The van der Waals surface area contributed by atoms with Crippen LogP contribution in [0.25, 0.3) is 0 Å². The van der Waals surface area contributed by atoms with Gasteiger partial charge in [0.25, 0.3) is 8.05 Å². The third kappa shape index (κ3) is 176. The van der Waals surface area contributed by atoms with Gasteiger partial charge in [0.05, 0.1) is 0 Å². The highest BCUT2D eigenvalue weighted by molar-refractivity contribution is 7.11. The van der Waals surface area contributed by atoms with Crippen molar-refractivity contribution in [1.82, 2.24) is 6.15 Å². The SMILES string of the molecule is BOP.N.O. The highest BCUT2D eigenvalue weighted by atomic mass is 31.0. The molecule has 5 heteroatoms. The molecule has 34 valence electrons. The molecule has 0 heterocycles. The Morgan fingerprint density at radius 1 is 1.60 bits per heavy atom. The summed E-state index contributed by atoms with van der Waals surface area (Å²) in [5, 5.41) is 0. The summed E-state index contributed by atoms with van der Waals surface area (Å²) >= 11 is 0. The lowest BCUT2D eigenvalue weighted by molar-refractivity contribution is 0.725. The van der Waals surface area contributed by atoms with Gasteiger partial charge in [-0.1, -0.05) is 0 Å². The molecule has 0 radical (unpaired) electrons. The van der Waals surface area contributed by atoms with Crippen LogP contribution in [-0.2, 0) is 4.44 Å². The van der Waals surface area contributed by atoms with Crippen LogP contribution in [0.1, 0.15) is 0 Å². The van der Waals surface area contributed by atoms with Gasteiger partial charge in [0, 0.05) is 0 Å². The Hall–Kier alpha value is 0.375. The normalized spacial score (nSPS) is 3.40. The molecule has 0 amide bonds. The largest absolute Gasteiger partial charge is 0.428 e. The summed E-state index contributed by atoms with van der Waals surface area (Å²) in [6, 6.07) is 0. The summed E-state index contributed by atoms with van der Waals surface area (Å²) in [5.74, 6) is 0. The van der Waals surface area contributed by atoms with E-state index in [4.69, 9.17) is 0 Å². The van der Waals surface area contributed by atoms with Crippen LogP contribution in [0.15, 0.2) is 0 Å². The molecule has 0 fully saturated rings. The third-order valence-electron chi connectivity index (χ3n) is 0. The van der Waals surface area contributed by atoms with Crippen LogP contribution in [0.5, 0.6) is 0 Å². The maximum Gasteiger partial charge on any atom is 0.262 e. The average molecular weight is 96.9 g/mol. The van der Waals surface area contributed by atoms with E-state index in [2.05, 4.69) is 13.9 Å². The van der Waals surface area contributed by atoms with Crippen molar-refractivity contribution in [3.63, 3.8) is 0 Å². The van der Waals surface area contributed by atoms with Crippen LogP contribution in [0.2, 0.25) is 0 Å². The van der Waals surface area contributed by atoms with Crippen molar-refractivity contribution in [2.75, 3.05) is 0 Å². The van der Waals surface area contributed by atoms with Crippen molar-refractivity contribution in [1.29, 1.82) is 0 Å². The Bertz CT molecular complexity index is 9.61. The van der Waals surface area contributed by atoms with Gasteiger partial charge >= 0.3 is 0 Å². The Balaban J connectivity index is -0.0000000200. The topological polar surface area (TPSA) is 75.7 Å². The number of rotatable bonds is 0. The molecule has 0 aliphatic carbocycles. The molecule has 5 N–H and O–H groups in total. The van der Waals surface area contributed by atoms with Gasteiger partial charge in [0.1, 0.15) is 0 Å². The summed E-state index contributed by atoms with van der Waals surface area (Å²) < 4.78 is 4.17. The molecule has 0 aliphatic heterocycles. The van der Waals surface area contributed by atoms with Gasteiger partial charge in [-0.15, -0.1) is 0 Å². The van der Waals surface area contributed by atoms with Gasteiger partial charge < -0.3 is 16.1 Å². The van der Waals surface area contributed by atoms with Crippen molar-refractivity contribution in [2.24, 2.45) is 0 Å². The highest BCUT2D eigenvalue weighted by Crippen LogP contribution is 1.67. The summed E-state index contributed by atoms with van der Waals surface area (Å²) in [7, 11) is 3.67. The predicted molar refractivity (Wildman–Crippen MR) is 28.0 cm³/mol. The van der Waals surface area contributed by atoms with Crippen LogP contribution in [-0.4, -0.2) is 13.5 Å². The molecule has 0 rings (SSSR count). The first-order valence-electron chi connectivity index (χ1n) is 0.644. The van der Waals surface area contributed by atoms with E-state index in [0.29, 0.717) is 0 Å². The van der Waals surface area contributed by atoms with Gasteiger partial charge in [-0.3, -0.25) is 0 Å². The van der Waals surface area contributed by atoms with Crippen molar-refractivity contribution in [2.45, 2.75) is 0 Å². The van der Waals surface area contributed by atoms with E-state index in [-0.39, 0.29) is 11.6 Å². The molecule has 0 saturated carbocycles. The zero-order valence-corrected chi connectivity index (χ0v) is 4.35. The molecular formula is H9BNO2P. The summed E-state index contributed by atoms with van der Waals surface area (Å²) in [6.45, 7) is 0. The molecule has 1 unspecified atom stereocenters. The molecule has 5 heavy (non-hydrogen) atoms. The van der Waals surface area contributed by atoms with Crippen molar-refractivity contribution in [3.8, 4) is 0 Å². The minimum Gasteiger partial charge on any atom is -0.428 e.